The predicted octanol–water partition coefficient (Wildman–Crippen LogP) is 2.87. The summed E-state index contributed by atoms with van der Waals surface area (Å²) >= 11 is 2.57. The Balaban J connectivity index is 1.97. The number of amides is 1. The summed E-state index contributed by atoms with van der Waals surface area (Å²) < 4.78 is 2.81. The normalized spacial score (nSPS) is 10.8. The van der Waals surface area contributed by atoms with Gasteiger partial charge in [0.15, 0.2) is 0 Å². The fourth-order valence-corrected chi connectivity index (χ4v) is 3.36. The van der Waals surface area contributed by atoms with E-state index in [4.69, 9.17) is 0 Å². The Morgan fingerprint density at radius 3 is 2.84 bits per heavy atom. The van der Waals surface area contributed by atoms with Crippen LogP contribution in [0, 0.1) is 0 Å². The number of thiazole rings is 1. The number of fused-ring (bicyclic) bond motifs is 1. The van der Waals surface area contributed by atoms with Gasteiger partial charge in [-0.25, -0.2) is 0 Å². The van der Waals surface area contributed by atoms with Gasteiger partial charge >= 0.3 is 4.87 Å². The maximum atomic E-state index is 11.9. The number of benzene rings is 1. The maximum absolute atomic E-state index is 11.9. The molecule has 19 heavy (non-hydrogen) atoms. The van der Waals surface area contributed by atoms with Crippen molar-refractivity contribution < 1.29 is 4.79 Å². The average molecular weight is 296 g/mol. The molecule has 0 saturated carbocycles. The Kier molecular flexibility index (Phi) is 4.66. The summed E-state index contributed by atoms with van der Waals surface area (Å²) in [5.74, 6) is 0.730. The molecule has 2 aromatic rings. The van der Waals surface area contributed by atoms with Crippen LogP contribution in [-0.4, -0.2) is 34.6 Å². The second kappa shape index (κ2) is 6.25. The van der Waals surface area contributed by atoms with E-state index in [9.17, 15) is 9.59 Å². The summed E-state index contributed by atoms with van der Waals surface area (Å²) in [6.07, 6.45) is 0.810. The smallest absolute Gasteiger partial charge is 0.308 e. The Morgan fingerprint density at radius 2 is 2.11 bits per heavy atom. The van der Waals surface area contributed by atoms with Gasteiger partial charge in [-0.3, -0.25) is 14.2 Å². The van der Waals surface area contributed by atoms with Crippen LogP contribution >= 0.6 is 23.1 Å². The molecular weight excluding hydrogens is 280 g/mol. The summed E-state index contributed by atoms with van der Waals surface area (Å²) in [7, 11) is 3.48. The van der Waals surface area contributed by atoms with Crippen molar-refractivity contribution in [3.05, 3.63) is 33.9 Å². The molecular formula is C13H16N2O2S2. The zero-order valence-electron chi connectivity index (χ0n) is 11.0. The highest BCUT2D eigenvalue weighted by Gasteiger charge is 2.07. The summed E-state index contributed by atoms with van der Waals surface area (Å²) in [6, 6.07) is 7.80. The fraction of sp³-hybridized carbons (Fsp3) is 0.385. The minimum atomic E-state index is 0.0579. The topological polar surface area (TPSA) is 42.3 Å². The molecule has 0 aliphatic carbocycles. The zero-order chi connectivity index (χ0) is 13.8. The van der Waals surface area contributed by atoms with E-state index in [1.54, 1.807) is 23.6 Å². The number of nitrogens with zero attached hydrogens (tertiary/aromatic N) is 2. The van der Waals surface area contributed by atoms with Crippen LogP contribution in [-0.2, 0) is 6.54 Å². The van der Waals surface area contributed by atoms with E-state index in [-0.39, 0.29) is 10.1 Å². The second-order valence-electron chi connectivity index (χ2n) is 4.35. The molecule has 1 heterocycles. The van der Waals surface area contributed by atoms with Crippen molar-refractivity contribution in [2.45, 2.75) is 13.0 Å². The summed E-state index contributed by atoms with van der Waals surface area (Å²) in [5.41, 5.74) is 0.987. The van der Waals surface area contributed by atoms with E-state index in [2.05, 4.69) is 0 Å². The molecule has 6 heteroatoms. The highest BCUT2D eigenvalue weighted by Crippen LogP contribution is 2.17. The van der Waals surface area contributed by atoms with Crippen LogP contribution in [0.4, 0.5) is 4.79 Å². The number of aryl methyl sites for hydroxylation is 1. The first-order valence-electron chi connectivity index (χ1n) is 6.02. The van der Waals surface area contributed by atoms with Crippen LogP contribution in [0.3, 0.4) is 0 Å². The third kappa shape index (κ3) is 3.39. The van der Waals surface area contributed by atoms with Gasteiger partial charge in [0.1, 0.15) is 0 Å². The lowest BCUT2D eigenvalue weighted by Gasteiger charge is -2.09. The van der Waals surface area contributed by atoms with Gasteiger partial charge in [0, 0.05) is 26.4 Å². The number of hydrogen-bond donors (Lipinski definition) is 0. The summed E-state index contributed by atoms with van der Waals surface area (Å²) in [5, 5.41) is 0.0579. The van der Waals surface area contributed by atoms with E-state index in [1.165, 1.54) is 23.1 Å². The molecule has 0 atom stereocenters. The van der Waals surface area contributed by atoms with Crippen molar-refractivity contribution in [3.63, 3.8) is 0 Å². The Labute approximate surface area is 120 Å². The van der Waals surface area contributed by atoms with Gasteiger partial charge < -0.3 is 4.90 Å². The fourth-order valence-electron chi connectivity index (χ4n) is 1.74. The molecule has 4 nitrogen and oxygen atoms in total. The van der Waals surface area contributed by atoms with Gasteiger partial charge in [-0.15, -0.1) is 0 Å². The Bertz CT molecular complexity index is 631. The quantitative estimate of drug-likeness (QED) is 0.815. The third-order valence-electron chi connectivity index (χ3n) is 2.69. The van der Waals surface area contributed by atoms with Gasteiger partial charge in [0.25, 0.3) is 5.24 Å². The molecule has 102 valence electrons. The number of thioether (sulfide) groups is 1. The second-order valence-corrected chi connectivity index (χ2v) is 6.39. The largest absolute Gasteiger partial charge is 0.340 e. The lowest BCUT2D eigenvalue weighted by atomic mass is 10.3. The summed E-state index contributed by atoms with van der Waals surface area (Å²) in [6.45, 7) is 0.663. The van der Waals surface area contributed by atoms with Crippen molar-refractivity contribution in [2.24, 2.45) is 0 Å². The van der Waals surface area contributed by atoms with Gasteiger partial charge in [-0.05, 0) is 18.6 Å². The first kappa shape index (κ1) is 14.1. The van der Waals surface area contributed by atoms with E-state index in [0.29, 0.717) is 6.54 Å². The van der Waals surface area contributed by atoms with Crippen LogP contribution in [0.15, 0.2) is 29.1 Å². The minimum Gasteiger partial charge on any atom is -0.340 e. The molecule has 1 aromatic heterocycles. The number of aromatic nitrogens is 1. The van der Waals surface area contributed by atoms with Crippen molar-refractivity contribution in [2.75, 3.05) is 19.8 Å². The molecule has 0 spiro atoms. The lowest BCUT2D eigenvalue weighted by molar-refractivity contribution is 0.241. The Hall–Kier alpha value is -1.27. The lowest BCUT2D eigenvalue weighted by Crippen LogP contribution is -2.17. The van der Waals surface area contributed by atoms with Gasteiger partial charge in [-0.1, -0.05) is 35.2 Å². The van der Waals surface area contributed by atoms with Crippen molar-refractivity contribution in [1.29, 1.82) is 0 Å². The molecule has 0 aliphatic heterocycles. The highest BCUT2D eigenvalue weighted by molar-refractivity contribution is 8.13. The van der Waals surface area contributed by atoms with Gasteiger partial charge in [0.05, 0.1) is 10.2 Å². The molecule has 0 unspecified atom stereocenters. The molecule has 1 amide bonds. The molecule has 0 saturated heterocycles. The average Bonchev–Trinajstić information content (AvgIpc) is 2.70. The molecule has 2 rings (SSSR count). The standard InChI is InChI=1S/C13H16N2O2S2/c1-14(2)12(16)18-9-5-8-15-10-6-3-4-7-11(10)19-13(15)17/h3-4,6-7H,5,8-9H2,1-2H3. The molecule has 1 aromatic carbocycles. The monoisotopic (exact) mass is 296 g/mol. The number of para-hydroxylation sites is 1. The molecule has 0 bridgehead atoms. The van der Waals surface area contributed by atoms with Gasteiger partial charge in [-0.2, -0.15) is 0 Å². The molecule has 0 N–H and O–H groups in total. The van der Waals surface area contributed by atoms with E-state index < -0.39 is 0 Å². The first-order valence-corrected chi connectivity index (χ1v) is 7.82. The van der Waals surface area contributed by atoms with Crippen LogP contribution in [0.5, 0.6) is 0 Å². The van der Waals surface area contributed by atoms with Crippen molar-refractivity contribution in [3.8, 4) is 0 Å². The Morgan fingerprint density at radius 1 is 1.37 bits per heavy atom. The van der Waals surface area contributed by atoms with Crippen LogP contribution < -0.4 is 4.87 Å². The molecule has 0 radical (unpaired) electrons. The van der Waals surface area contributed by atoms with Crippen LogP contribution in [0.2, 0.25) is 0 Å². The van der Waals surface area contributed by atoms with Crippen molar-refractivity contribution in [1.82, 2.24) is 9.47 Å². The van der Waals surface area contributed by atoms with E-state index in [0.717, 1.165) is 22.4 Å². The SMILES string of the molecule is CN(C)C(=O)SCCCn1c(=O)sc2ccccc21. The van der Waals surface area contributed by atoms with E-state index >= 15 is 0 Å². The summed E-state index contributed by atoms with van der Waals surface area (Å²) in [4.78, 5) is 24.9. The first-order chi connectivity index (χ1) is 9.09. The highest BCUT2D eigenvalue weighted by atomic mass is 32.2. The number of carbonyl (C=O) groups excluding carboxylic acids is 1. The van der Waals surface area contributed by atoms with E-state index in [1.807, 2.05) is 24.3 Å². The predicted molar refractivity (Wildman–Crippen MR) is 82.2 cm³/mol. The van der Waals surface area contributed by atoms with Crippen molar-refractivity contribution >= 4 is 38.6 Å². The minimum absolute atomic E-state index is 0.0579. The van der Waals surface area contributed by atoms with Gasteiger partial charge in [0.2, 0.25) is 0 Å². The number of hydrogen-bond acceptors (Lipinski definition) is 4. The van der Waals surface area contributed by atoms with Crippen LogP contribution in [0.25, 0.3) is 10.2 Å². The molecule has 0 fully saturated rings. The third-order valence-corrected chi connectivity index (χ3v) is 4.76. The zero-order valence-corrected chi connectivity index (χ0v) is 12.6. The maximum Gasteiger partial charge on any atom is 0.308 e. The number of carbonyl (C=O) groups is 1. The molecule has 0 aliphatic rings. The number of rotatable bonds is 4. The van der Waals surface area contributed by atoms with Crippen LogP contribution in [0.1, 0.15) is 6.42 Å².